The fourth-order valence-corrected chi connectivity index (χ4v) is 4.90. The Morgan fingerprint density at radius 3 is 2.56 bits per heavy atom. The van der Waals surface area contributed by atoms with Crippen LogP contribution in [0.5, 0.6) is 0 Å². The zero-order valence-corrected chi connectivity index (χ0v) is 17.2. The molecule has 3 rings (SSSR count). The highest BCUT2D eigenvalue weighted by Crippen LogP contribution is 2.30. The van der Waals surface area contributed by atoms with E-state index < -0.39 is 0 Å². The van der Waals surface area contributed by atoms with Crippen LogP contribution in [-0.4, -0.2) is 28.1 Å². The van der Waals surface area contributed by atoms with Crippen molar-refractivity contribution in [2.45, 2.75) is 14.4 Å². The summed E-state index contributed by atoms with van der Waals surface area (Å²) in [7, 11) is 0. The number of rotatable bonds is 8. The largest absolute Gasteiger partial charge is 0.272 e. The fourth-order valence-electron chi connectivity index (χ4n) is 1.95. The van der Waals surface area contributed by atoms with Crippen LogP contribution in [0.15, 0.2) is 68.4 Å². The number of carbonyl (C=O) groups is 1. The number of benzene rings is 2. The van der Waals surface area contributed by atoms with Crippen LogP contribution < -0.4 is 5.43 Å². The van der Waals surface area contributed by atoms with Gasteiger partial charge in [0.1, 0.15) is 0 Å². The second kappa shape index (κ2) is 10.5. The van der Waals surface area contributed by atoms with Crippen molar-refractivity contribution in [2.24, 2.45) is 5.10 Å². The average molecular weight is 435 g/mol. The highest BCUT2D eigenvalue weighted by atomic mass is 35.5. The number of halogens is 1. The van der Waals surface area contributed by atoms with Gasteiger partial charge in [0.15, 0.2) is 8.68 Å². The summed E-state index contributed by atoms with van der Waals surface area (Å²) >= 11 is 10.5. The fraction of sp³-hybridized carbons (Fsp3) is 0.111. The number of nitrogens with zero attached hydrogens (tertiary/aromatic N) is 3. The van der Waals surface area contributed by atoms with E-state index in [-0.39, 0.29) is 11.7 Å². The van der Waals surface area contributed by atoms with Crippen molar-refractivity contribution in [1.29, 1.82) is 0 Å². The topological polar surface area (TPSA) is 67.2 Å². The van der Waals surface area contributed by atoms with E-state index >= 15 is 0 Å². The summed E-state index contributed by atoms with van der Waals surface area (Å²) in [5.74, 6) is 0.854. The molecule has 9 heteroatoms. The van der Waals surface area contributed by atoms with E-state index in [0.717, 1.165) is 20.0 Å². The number of carbonyl (C=O) groups excluding carboxylic acids is 1. The SMILES string of the molecule is O=C(CSc1nnc(SCc2ccccc2)s1)N/N=C/c1ccccc1Cl. The summed E-state index contributed by atoms with van der Waals surface area (Å²) in [6.45, 7) is 0. The molecule has 1 heterocycles. The molecule has 5 nitrogen and oxygen atoms in total. The predicted octanol–water partition coefficient (Wildman–Crippen LogP) is 4.73. The molecule has 0 aliphatic carbocycles. The molecule has 0 atom stereocenters. The van der Waals surface area contributed by atoms with Gasteiger partial charge in [0, 0.05) is 16.3 Å². The molecular formula is C18H15ClN4OS3. The lowest BCUT2D eigenvalue weighted by molar-refractivity contribution is -0.118. The van der Waals surface area contributed by atoms with Gasteiger partial charge >= 0.3 is 0 Å². The number of amides is 1. The normalized spacial score (nSPS) is 11.0. The molecule has 1 N–H and O–H groups in total. The Hall–Kier alpha value is -1.87. The summed E-state index contributed by atoms with van der Waals surface area (Å²) < 4.78 is 1.65. The highest BCUT2D eigenvalue weighted by Gasteiger charge is 2.08. The lowest BCUT2D eigenvalue weighted by Gasteiger charge is -1.98. The summed E-state index contributed by atoms with van der Waals surface area (Å²) in [5.41, 5.74) is 4.47. The van der Waals surface area contributed by atoms with E-state index in [4.69, 9.17) is 11.6 Å². The minimum Gasteiger partial charge on any atom is -0.272 e. The van der Waals surface area contributed by atoms with Gasteiger partial charge < -0.3 is 0 Å². The molecule has 0 aliphatic rings. The molecule has 138 valence electrons. The summed E-state index contributed by atoms with van der Waals surface area (Å²) in [6.07, 6.45) is 1.52. The smallest absolute Gasteiger partial charge is 0.250 e. The van der Waals surface area contributed by atoms with Crippen molar-refractivity contribution in [1.82, 2.24) is 15.6 Å². The quantitative estimate of drug-likeness (QED) is 0.315. The van der Waals surface area contributed by atoms with Gasteiger partial charge in [0.2, 0.25) is 0 Å². The lowest BCUT2D eigenvalue weighted by Crippen LogP contribution is -2.19. The van der Waals surface area contributed by atoms with E-state index in [0.29, 0.717) is 5.02 Å². The first-order valence-electron chi connectivity index (χ1n) is 7.90. The van der Waals surface area contributed by atoms with Gasteiger partial charge in [-0.2, -0.15) is 5.10 Å². The molecule has 0 spiro atoms. The minimum atomic E-state index is -0.211. The Morgan fingerprint density at radius 2 is 1.78 bits per heavy atom. The number of thioether (sulfide) groups is 2. The Bertz CT molecular complexity index is 918. The zero-order valence-electron chi connectivity index (χ0n) is 14.0. The molecule has 0 saturated heterocycles. The van der Waals surface area contributed by atoms with Crippen LogP contribution in [-0.2, 0) is 10.5 Å². The average Bonchev–Trinajstić information content (AvgIpc) is 3.15. The van der Waals surface area contributed by atoms with Crippen LogP contribution in [0.3, 0.4) is 0 Å². The number of hydrazone groups is 1. The molecule has 1 aromatic heterocycles. The highest BCUT2D eigenvalue weighted by molar-refractivity contribution is 8.03. The van der Waals surface area contributed by atoms with Gasteiger partial charge in [0.25, 0.3) is 5.91 Å². The number of hydrogen-bond donors (Lipinski definition) is 1. The molecule has 0 bridgehead atoms. The third-order valence-electron chi connectivity index (χ3n) is 3.22. The van der Waals surface area contributed by atoms with Crippen molar-refractivity contribution < 1.29 is 4.79 Å². The van der Waals surface area contributed by atoms with Crippen LogP contribution in [0, 0.1) is 0 Å². The van der Waals surface area contributed by atoms with Crippen molar-refractivity contribution in [3.05, 3.63) is 70.7 Å². The van der Waals surface area contributed by atoms with Gasteiger partial charge in [0.05, 0.1) is 12.0 Å². The van der Waals surface area contributed by atoms with Crippen molar-refractivity contribution in [3.63, 3.8) is 0 Å². The molecule has 2 aromatic carbocycles. The first kappa shape index (κ1) is 19.9. The van der Waals surface area contributed by atoms with Crippen molar-refractivity contribution in [3.8, 4) is 0 Å². The van der Waals surface area contributed by atoms with Gasteiger partial charge in [-0.15, -0.1) is 10.2 Å². The zero-order chi connectivity index (χ0) is 18.9. The molecule has 0 radical (unpaired) electrons. The summed E-state index contributed by atoms with van der Waals surface area (Å²) in [6, 6.07) is 17.5. The molecule has 27 heavy (non-hydrogen) atoms. The van der Waals surface area contributed by atoms with E-state index in [1.807, 2.05) is 36.4 Å². The monoisotopic (exact) mass is 434 g/mol. The molecular weight excluding hydrogens is 420 g/mol. The first-order valence-corrected chi connectivity index (χ1v) is 11.1. The molecule has 0 saturated carbocycles. The molecule has 3 aromatic rings. The maximum absolute atomic E-state index is 11.9. The van der Waals surface area contributed by atoms with Crippen LogP contribution in [0.25, 0.3) is 0 Å². The molecule has 0 unspecified atom stereocenters. The Kier molecular flexibility index (Phi) is 7.70. The molecule has 0 fully saturated rings. The third kappa shape index (κ3) is 6.66. The van der Waals surface area contributed by atoms with Crippen molar-refractivity contribution in [2.75, 3.05) is 5.75 Å². The second-order valence-corrected chi connectivity index (χ2v) is 9.04. The van der Waals surface area contributed by atoms with Crippen LogP contribution in [0.2, 0.25) is 5.02 Å². The maximum atomic E-state index is 11.9. The Morgan fingerprint density at radius 1 is 1.07 bits per heavy atom. The second-order valence-electron chi connectivity index (χ2n) is 5.21. The van der Waals surface area contributed by atoms with E-state index in [2.05, 4.69) is 32.9 Å². The third-order valence-corrected chi connectivity index (χ3v) is 6.82. The predicted molar refractivity (Wildman–Crippen MR) is 114 cm³/mol. The minimum absolute atomic E-state index is 0.211. The first-order chi connectivity index (χ1) is 13.2. The van der Waals surface area contributed by atoms with Crippen LogP contribution in [0.4, 0.5) is 0 Å². The lowest BCUT2D eigenvalue weighted by atomic mass is 10.2. The maximum Gasteiger partial charge on any atom is 0.250 e. The van der Waals surface area contributed by atoms with Crippen LogP contribution >= 0.6 is 46.5 Å². The van der Waals surface area contributed by atoms with Crippen LogP contribution in [0.1, 0.15) is 11.1 Å². The summed E-state index contributed by atoms with van der Waals surface area (Å²) in [4.78, 5) is 11.9. The number of hydrogen-bond acceptors (Lipinski definition) is 7. The van der Waals surface area contributed by atoms with Crippen molar-refractivity contribution >= 4 is 58.6 Å². The van der Waals surface area contributed by atoms with Gasteiger partial charge in [-0.1, -0.05) is 95.0 Å². The van der Waals surface area contributed by atoms with Gasteiger partial charge in [-0.25, -0.2) is 5.43 Å². The molecule has 1 amide bonds. The van der Waals surface area contributed by atoms with Gasteiger partial charge in [-0.05, 0) is 11.6 Å². The summed E-state index contributed by atoms with van der Waals surface area (Å²) in [5, 5.41) is 12.8. The number of nitrogens with one attached hydrogen (secondary N) is 1. The number of aromatic nitrogens is 2. The van der Waals surface area contributed by atoms with E-state index in [1.165, 1.54) is 34.9 Å². The molecule has 0 aliphatic heterocycles. The Balaban J connectivity index is 1.41. The van der Waals surface area contributed by atoms with E-state index in [1.54, 1.807) is 17.8 Å². The Labute approximate surface area is 174 Å². The van der Waals surface area contributed by atoms with Gasteiger partial charge in [-0.3, -0.25) is 4.79 Å². The van der Waals surface area contributed by atoms with E-state index in [9.17, 15) is 4.79 Å². The standard InChI is InChI=1S/C18H15ClN4OS3/c19-15-9-5-4-8-14(15)10-20-21-16(24)12-26-18-23-22-17(27-18)25-11-13-6-2-1-3-7-13/h1-10H,11-12H2,(H,21,24)/b20-10+.